The van der Waals surface area contributed by atoms with E-state index in [1.54, 1.807) is 0 Å². The summed E-state index contributed by atoms with van der Waals surface area (Å²) in [4.78, 5) is 0.0471. The molecule has 0 bridgehead atoms. The van der Waals surface area contributed by atoms with Crippen molar-refractivity contribution in [3.63, 3.8) is 0 Å². The van der Waals surface area contributed by atoms with Crippen molar-refractivity contribution < 1.29 is 13.2 Å². The van der Waals surface area contributed by atoms with Crippen LogP contribution in [-0.2, 0) is 21.3 Å². The largest absolute Gasteiger partial charge is 0.380 e. The van der Waals surface area contributed by atoms with Crippen molar-refractivity contribution in [3.05, 3.63) is 27.7 Å². The van der Waals surface area contributed by atoms with Crippen LogP contribution in [0.15, 0.2) is 17.0 Å². The van der Waals surface area contributed by atoms with Crippen molar-refractivity contribution in [2.24, 2.45) is 5.73 Å². The summed E-state index contributed by atoms with van der Waals surface area (Å²) in [7, 11) is -3.66. The van der Waals surface area contributed by atoms with Gasteiger partial charge in [0.1, 0.15) is 4.90 Å². The Morgan fingerprint density at radius 3 is 2.65 bits per heavy atom. The quantitative estimate of drug-likeness (QED) is 0.912. The maximum absolute atomic E-state index is 12.6. The van der Waals surface area contributed by atoms with Gasteiger partial charge in [-0.2, -0.15) is 4.31 Å². The number of ether oxygens (including phenoxy) is 1. The molecule has 0 radical (unpaired) electrons. The Hall–Kier alpha value is -0.370. The van der Waals surface area contributed by atoms with Gasteiger partial charge in [0.15, 0.2) is 0 Å². The highest BCUT2D eigenvalue weighted by Crippen LogP contribution is 2.30. The van der Waals surface area contributed by atoms with Gasteiger partial charge in [-0.05, 0) is 24.1 Å². The van der Waals surface area contributed by atoms with Crippen LogP contribution in [-0.4, -0.2) is 39.0 Å². The van der Waals surface area contributed by atoms with Crippen LogP contribution < -0.4 is 5.73 Å². The molecule has 0 aromatic heterocycles. The molecule has 1 aliphatic rings. The number of hydrogen-bond acceptors (Lipinski definition) is 4. The molecular weight excluding hydrogens is 323 g/mol. The zero-order valence-corrected chi connectivity index (χ0v) is 13.1. The number of halogens is 2. The molecule has 0 unspecified atom stereocenters. The number of rotatable bonds is 3. The first kappa shape index (κ1) is 16.0. The summed E-state index contributed by atoms with van der Waals surface area (Å²) in [5.41, 5.74) is 6.12. The van der Waals surface area contributed by atoms with Gasteiger partial charge in [-0.15, -0.1) is 0 Å². The van der Waals surface area contributed by atoms with Gasteiger partial charge in [0.05, 0.1) is 11.6 Å². The van der Waals surface area contributed by atoms with Crippen LogP contribution in [0.25, 0.3) is 0 Å². The highest BCUT2D eigenvalue weighted by Gasteiger charge is 2.28. The third-order valence-corrected chi connectivity index (χ3v) is 5.84. The van der Waals surface area contributed by atoms with Gasteiger partial charge in [0.25, 0.3) is 0 Å². The van der Waals surface area contributed by atoms with E-state index in [-0.39, 0.29) is 16.5 Å². The predicted octanol–water partition coefficient (Wildman–Crippen LogP) is 1.86. The summed E-state index contributed by atoms with van der Waals surface area (Å²) < 4.78 is 31.9. The fraction of sp³-hybridized carbons (Fsp3) is 0.500. The molecule has 1 aromatic carbocycles. The second-order valence-electron chi connectivity index (χ2n) is 4.45. The van der Waals surface area contributed by atoms with Gasteiger partial charge in [-0.25, -0.2) is 8.42 Å². The second-order valence-corrected chi connectivity index (χ2v) is 7.17. The average molecular weight is 339 g/mol. The summed E-state index contributed by atoms with van der Waals surface area (Å²) in [5.74, 6) is 0. The van der Waals surface area contributed by atoms with Crippen molar-refractivity contribution in [2.75, 3.05) is 26.3 Å². The van der Waals surface area contributed by atoms with Gasteiger partial charge in [0, 0.05) is 31.3 Å². The molecule has 1 aliphatic heterocycles. The number of hydrogen-bond donors (Lipinski definition) is 1. The maximum atomic E-state index is 12.6. The molecule has 0 saturated carbocycles. The van der Waals surface area contributed by atoms with E-state index in [1.165, 1.54) is 16.4 Å². The van der Waals surface area contributed by atoms with Crippen LogP contribution in [0.2, 0.25) is 10.0 Å². The minimum Gasteiger partial charge on any atom is -0.380 e. The Bertz CT molecular complexity index is 585. The standard InChI is InChI=1S/C12H16Cl2N2O3S/c13-10-7-11(14)12(6-9(10)8-15)20(17,18)16-2-1-4-19-5-3-16/h6-7H,1-5,8,15H2. The first-order valence-corrected chi connectivity index (χ1v) is 8.42. The van der Waals surface area contributed by atoms with Crippen molar-refractivity contribution in [3.8, 4) is 0 Å². The number of nitrogens with two attached hydrogens (primary N) is 1. The molecule has 0 atom stereocenters. The van der Waals surface area contributed by atoms with Crippen LogP contribution in [0, 0.1) is 0 Å². The molecule has 1 saturated heterocycles. The fourth-order valence-corrected chi connectivity index (χ4v) is 4.34. The molecule has 0 amide bonds. The minimum atomic E-state index is -3.66. The third kappa shape index (κ3) is 3.27. The van der Waals surface area contributed by atoms with E-state index in [0.29, 0.717) is 43.3 Å². The van der Waals surface area contributed by atoms with E-state index in [2.05, 4.69) is 0 Å². The third-order valence-electron chi connectivity index (χ3n) is 3.12. The number of sulfonamides is 1. The molecule has 0 aliphatic carbocycles. The lowest BCUT2D eigenvalue weighted by Gasteiger charge is -2.20. The van der Waals surface area contributed by atoms with E-state index in [4.69, 9.17) is 33.7 Å². The molecule has 2 N–H and O–H groups in total. The highest BCUT2D eigenvalue weighted by molar-refractivity contribution is 7.89. The fourth-order valence-electron chi connectivity index (χ4n) is 2.03. The molecule has 20 heavy (non-hydrogen) atoms. The molecule has 5 nitrogen and oxygen atoms in total. The van der Waals surface area contributed by atoms with E-state index in [9.17, 15) is 8.42 Å². The first-order valence-electron chi connectivity index (χ1n) is 6.22. The number of benzene rings is 1. The molecular formula is C12H16Cl2N2O3S. The van der Waals surface area contributed by atoms with Crippen molar-refractivity contribution in [1.29, 1.82) is 0 Å². The Balaban J connectivity index is 2.42. The van der Waals surface area contributed by atoms with E-state index in [1.807, 2.05) is 0 Å². The summed E-state index contributed by atoms with van der Waals surface area (Å²) in [6.45, 7) is 1.84. The lowest BCUT2D eigenvalue weighted by molar-refractivity contribution is 0.148. The Morgan fingerprint density at radius 1 is 1.20 bits per heavy atom. The van der Waals surface area contributed by atoms with E-state index >= 15 is 0 Å². The predicted molar refractivity (Wildman–Crippen MR) is 78.5 cm³/mol. The van der Waals surface area contributed by atoms with E-state index < -0.39 is 10.0 Å². The van der Waals surface area contributed by atoms with Gasteiger partial charge in [0.2, 0.25) is 10.0 Å². The Kier molecular flexibility index (Phi) is 5.28. The molecule has 2 rings (SSSR count). The monoisotopic (exact) mass is 338 g/mol. The topological polar surface area (TPSA) is 72.6 Å². The lowest BCUT2D eigenvalue weighted by Crippen LogP contribution is -2.33. The first-order chi connectivity index (χ1) is 9.46. The minimum absolute atomic E-state index is 0.0471. The number of nitrogens with zero attached hydrogens (tertiary/aromatic N) is 1. The summed E-state index contributed by atoms with van der Waals surface area (Å²) in [6.07, 6.45) is 0.661. The van der Waals surface area contributed by atoms with Gasteiger partial charge < -0.3 is 10.5 Å². The molecule has 112 valence electrons. The smallest absolute Gasteiger partial charge is 0.244 e. The van der Waals surface area contributed by atoms with Crippen LogP contribution in [0.5, 0.6) is 0 Å². The normalized spacial score (nSPS) is 17.9. The van der Waals surface area contributed by atoms with Crippen molar-refractivity contribution in [1.82, 2.24) is 4.31 Å². The van der Waals surface area contributed by atoms with Crippen molar-refractivity contribution >= 4 is 33.2 Å². The zero-order valence-electron chi connectivity index (χ0n) is 10.8. The van der Waals surface area contributed by atoms with Gasteiger partial charge in [-0.3, -0.25) is 0 Å². The molecule has 1 heterocycles. The summed E-state index contributed by atoms with van der Waals surface area (Å²) in [5, 5.41) is 0.480. The maximum Gasteiger partial charge on any atom is 0.244 e. The average Bonchev–Trinajstić information content (AvgIpc) is 2.67. The molecule has 1 fully saturated rings. The highest BCUT2D eigenvalue weighted by atomic mass is 35.5. The summed E-state index contributed by atoms with van der Waals surface area (Å²) >= 11 is 12.0. The van der Waals surface area contributed by atoms with Gasteiger partial charge in [-0.1, -0.05) is 23.2 Å². The van der Waals surface area contributed by atoms with Crippen LogP contribution in [0.1, 0.15) is 12.0 Å². The Morgan fingerprint density at radius 2 is 1.95 bits per heavy atom. The molecule has 0 spiro atoms. The Labute approximate surface area is 128 Å². The second kappa shape index (κ2) is 6.60. The molecule has 8 heteroatoms. The molecule has 1 aromatic rings. The van der Waals surface area contributed by atoms with Crippen molar-refractivity contribution in [2.45, 2.75) is 17.9 Å². The summed E-state index contributed by atoms with van der Waals surface area (Å²) in [6, 6.07) is 2.87. The van der Waals surface area contributed by atoms with Crippen LogP contribution in [0.3, 0.4) is 0 Å². The van der Waals surface area contributed by atoms with Crippen LogP contribution in [0.4, 0.5) is 0 Å². The van der Waals surface area contributed by atoms with Gasteiger partial charge >= 0.3 is 0 Å². The lowest BCUT2D eigenvalue weighted by atomic mass is 10.2. The van der Waals surface area contributed by atoms with Crippen LogP contribution >= 0.6 is 23.2 Å². The SMILES string of the molecule is NCc1cc(S(=O)(=O)N2CCCOCC2)c(Cl)cc1Cl. The zero-order chi connectivity index (χ0) is 14.8. The van der Waals surface area contributed by atoms with E-state index in [0.717, 1.165) is 0 Å².